The van der Waals surface area contributed by atoms with E-state index in [-0.39, 0.29) is 31.6 Å². The molecule has 1 aliphatic heterocycles. The van der Waals surface area contributed by atoms with E-state index in [9.17, 15) is 14.3 Å². The molecule has 1 N–H and O–H groups in total. The Morgan fingerprint density at radius 3 is 3.05 bits per heavy atom. The highest BCUT2D eigenvalue weighted by Crippen LogP contribution is 2.24. The zero-order valence-electron chi connectivity index (χ0n) is 12.0. The minimum absolute atomic E-state index is 0.156. The molecule has 0 spiro atoms. The van der Waals surface area contributed by atoms with Crippen LogP contribution in [0.2, 0.25) is 0 Å². The summed E-state index contributed by atoms with van der Waals surface area (Å²) in [6.07, 6.45) is -0.492. The molecule has 1 atom stereocenters. The van der Waals surface area contributed by atoms with Crippen LogP contribution in [0.3, 0.4) is 0 Å². The Hall–Kier alpha value is -2.41. The number of ether oxygens (including phenoxy) is 1. The fraction of sp³-hybridized carbons (Fsp3) is 0.333. The summed E-state index contributed by atoms with van der Waals surface area (Å²) < 4.78 is 23.7. The van der Waals surface area contributed by atoms with E-state index < -0.39 is 6.09 Å². The predicted molar refractivity (Wildman–Crippen MR) is 74.4 cm³/mol. The first-order valence-electron chi connectivity index (χ1n) is 6.85. The van der Waals surface area contributed by atoms with Gasteiger partial charge >= 0.3 is 6.09 Å². The number of benzene rings is 1. The normalized spacial score (nSPS) is 17.9. The van der Waals surface area contributed by atoms with Gasteiger partial charge in [0.25, 0.3) is 0 Å². The van der Waals surface area contributed by atoms with Gasteiger partial charge in [0, 0.05) is 5.56 Å². The number of aliphatic hydroxyl groups excluding tert-OH is 1. The van der Waals surface area contributed by atoms with Crippen molar-refractivity contribution in [3.8, 4) is 11.5 Å². The third kappa shape index (κ3) is 2.67. The second kappa shape index (κ2) is 5.76. The maximum atomic E-state index is 13.3. The molecule has 0 unspecified atom stereocenters. The first-order valence-corrected chi connectivity index (χ1v) is 6.85. The topological polar surface area (TPSA) is 75.8 Å². The van der Waals surface area contributed by atoms with Crippen LogP contribution >= 0.6 is 0 Å². The van der Waals surface area contributed by atoms with Gasteiger partial charge in [0.2, 0.25) is 5.89 Å². The van der Waals surface area contributed by atoms with Crippen molar-refractivity contribution in [1.29, 1.82) is 0 Å². The highest BCUT2D eigenvalue weighted by Gasteiger charge is 2.33. The number of aryl methyl sites for hydroxylation is 1. The van der Waals surface area contributed by atoms with Crippen LogP contribution in [-0.2, 0) is 11.3 Å². The molecular formula is C15H15FN2O4. The molecule has 1 amide bonds. The Balaban J connectivity index is 1.85. The average Bonchev–Trinajstić information content (AvgIpc) is 3.04. The Labute approximate surface area is 126 Å². The van der Waals surface area contributed by atoms with Crippen molar-refractivity contribution in [3.05, 3.63) is 41.5 Å². The number of oxazole rings is 1. The SMILES string of the molecule is Cc1oc(-c2cccc(F)c2)nc1CN1C(=O)OC[C@@H]1CO. The Morgan fingerprint density at radius 2 is 2.32 bits per heavy atom. The Kier molecular flexibility index (Phi) is 3.81. The van der Waals surface area contributed by atoms with Gasteiger partial charge in [0.15, 0.2) is 0 Å². The van der Waals surface area contributed by atoms with Crippen molar-refractivity contribution in [1.82, 2.24) is 9.88 Å². The van der Waals surface area contributed by atoms with Crippen LogP contribution in [0.25, 0.3) is 11.5 Å². The molecule has 1 aromatic heterocycles. The molecular weight excluding hydrogens is 291 g/mol. The number of aliphatic hydroxyl groups is 1. The molecule has 2 heterocycles. The van der Waals surface area contributed by atoms with Crippen LogP contribution in [0.15, 0.2) is 28.7 Å². The summed E-state index contributed by atoms with van der Waals surface area (Å²) in [5.74, 6) is 0.453. The van der Waals surface area contributed by atoms with E-state index in [4.69, 9.17) is 9.15 Å². The van der Waals surface area contributed by atoms with E-state index in [1.807, 2.05) is 0 Å². The maximum Gasteiger partial charge on any atom is 0.410 e. The lowest BCUT2D eigenvalue weighted by Crippen LogP contribution is -2.35. The van der Waals surface area contributed by atoms with Crippen molar-refractivity contribution in [2.24, 2.45) is 0 Å². The van der Waals surface area contributed by atoms with E-state index in [2.05, 4.69) is 4.98 Å². The van der Waals surface area contributed by atoms with Crippen molar-refractivity contribution >= 4 is 6.09 Å². The molecule has 7 heteroatoms. The number of carbonyl (C=O) groups excluding carboxylic acids is 1. The standard InChI is InChI=1S/C15H15FN2O4/c1-9-13(6-18-12(7-19)8-21-15(18)20)17-14(22-9)10-3-2-4-11(16)5-10/h2-5,12,19H,6-8H2,1H3/t12-/m0/s1. The minimum atomic E-state index is -0.492. The lowest BCUT2D eigenvalue weighted by molar-refractivity contribution is 0.150. The molecule has 0 aliphatic carbocycles. The van der Waals surface area contributed by atoms with Crippen LogP contribution in [0.5, 0.6) is 0 Å². The van der Waals surface area contributed by atoms with Crippen LogP contribution < -0.4 is 0 Å². The van der Waals surface area contributed by atoms with Crippen LogP contribution in [-0.4, -0.2) is 40.3 Å². The molecule has 0 bridgehead atoms. The van der Waals surface area contributed by atoms with Crippen LogP contribution in [0.4, 0.5) is 9.18 Å². The van der Waals surface area contributed by atoms with Crippen molar-refractivity contribution in [2.75, 3.05) is 13.2 Å². The van der Waals surface area contributed by atoms with Crippen molar-refractivity contribution in [3.63, 3.8) is 0 Å². The third-order valence-electron chi connectivity index (χ3n) is 3.57. The number of hydrogen-bond donors (Lipinski definition) is 1. The first kappa shape index (κ1) is 14.5. The second-order valence-corrected chi connectivity index (χ2v) is 5.07. The predicted octanol–water partition coefficient (Wildman–Crippen LogP) is 2.10. The summed E-state index contributed by atoms with van der Waals surface area (Å²) in [5, 5.41) is 9.26. The quantitative estimate of drug-likeness (QED) is 0.936. The number of hydrogen-bond acceptors (Lipinski definition) is 5. The van der Waals surface area contributed by atoms with E-state index >= 15 is 0 Å². The van der Waals surface area contributed by atoms with Crippen LogP contribution in [0.1, 0.15) is 11.5 Å². The molecule has 1 aliphatic rings. The molecule has 22 heavy (non-hydrogen) atoms. The summed E-state index contributed by atoms with van der Waals surface area (Å²) in [7, 11) is 0. The smallest absolute Gasteiger partial charge is 0.410 e. The summed E-state index contributed by atoms with van der Waals surface area (Å²) >= 11 is 0. The zero-order valence-corrected chi connectivity index (χ0v) is 12.0. The van der Waals surface area contributed by atoms with E-state index in [0.717, 1.165) is 0 Å². The van der Waals surface area contributed by atoms with Gasteiger partial charge in [-0.1, -0.05) is 6.07 Å². The molecule has 1 aromatic carbocycles. The van der Waals surface area contributed by atoms with E-state index in [1.54, 1.807) is 19.1 Å². The molecule has 1 fully saturated rings. The lowest BCUT2D eigenvalue weighted by atomic mass is 10.2. The fourth-order valence-electron chi connectivity index (χ4n) is 2.32. The van der Waals surface area contributed by atoms with Gasteiger partial charge in [0.1, 0.15) is 23.9 Å². The second-order valence-electron chi connectivity index (χ2n) is 5.07. The van der Waals surface area contributed by atoms with Crippen molar-refractivity contribution in [2.45, 2.75) is 19.5 Å². The summed E-state index contributed by atoms with van der Waals surface area (Å²) in [4.78, 5) is 17.4. The lowest BCUT2D eigenvalue weighted by Gasteiger charge is -2.18. The van der Waals surface area contributed by atoms with E-state index in [1.165, 1.54) is 17.0 Å². The largest absolute Gasteiger partial charge is 0.447 e. The van der Waals surface area contributed by atoms with Gasteiger partial charge in [-0.2, -0.15) is 0 Å². The minimum Gasteiger partial charge on any atom is -0.447 e. The number of halogens is 1. The first-order chi connectivity index (χ1) is 10.6. The van der Waals surface area contributed by atoms with E-state index in [0.29, 0.717) is 22.9 Å². The Bertz CT molecular complexity index is 701. The highest BCUT2D eigenvalue weighted by molar-refractivity contribution is 5.70. The summed E-state index contributed by atoms with van der Waals surface area (Å²) in [6, 6.07) is 5.55. The van der Waals surface area contributed by atoms with Gasteiger partial charge in [-0.25, -0.2) is 14.2 Å². The Morgan fingerprint density at radius 1 is 1.50 bits per heavy atom. The number of cyclic esters (lactones) is 1. The summed E-state index contributed by atoms with van der Waals surface area (Å²) in [5.41, 5.74) is 1.08. The van der Waals surface area contributed by atoms with Crippen LogP contribution in [0, 0.1) is 12.7 Å². The molecule has 0 radical (unpaired) electrons. The highest BCUT2D eigenvalue weighted by atomic mass is 19.1. The maximum absolute atomic E-state index is 13.3. The number of carbonyl (C=O) groups is 1. The number of rotatable bonds is 4. The van der Waals surface area contributed by atoms with Gasteiger partial charge < -0.3 is 14.3 Å². The molecule has 6 nitrogen and oxygen atoms in total. The number of aromatic nitrogens is 1. The van der Waals surface area contributed by atoms with Gasteiger partial charge in [-0.05, 0) is 25.1 Å². The molecule has 0 saturated carbocycles. The van der Waals surface area contributed by atoms with Gasteiger partial charge in [-0.15, -0.1) is 0 Å². The number of nitrogens with zero attached hydrogens (tertiary/aromatic N) is 2. The van der Waals surface area contributed by atoms with Gasteiger partial charge in [-0.3, -0.25) is 4.90 Å². The fourth-order valence-corrected chi connectivity index (χ4v) is 2.32. The molecule has 116 valence electrons. The number of amides is 1. The molecule has 1 saturated heterocycles. The van der Waals surface area contributed by atoms with Gasteiger partial charge in [0.05, 0.1) is 19.2 Å². The summed E-state index contributed by atoms with van der Waals surface area (Å²) in [6.45, 7) is 1.87. The molecule has 2 aromatic rings. The average molecular weight is 306 g/mol. The third-order valence-corrected chi connectivity index (χ3v) is 3.57. The van der Waals surface area contributed by atoms with Crippen molar-refractivity contribution < 1.29 is 23.4 Å². The molecule has 3 rings (SSSR count). The monoisotopic (exact) mass is 306 g/mol. The zero-order chi connectivity index (χ0) is 15.7.